The summed E-state index contributed by atoms with van der Waals surface area (Å²) in [5.74, 6) is -1.74. The lowest BCUT2D eigenvalue weighted by molar-refractivity contribution is 0.101. The number of aromatic nitrogens is 3. The fraction of sp³-hybridized carbons (Fsp3) is 0.238. The van der Waals surface area contributed by atoms with Gasteiger partial charge >= 0.3 is 0 Å². The van der Waals surface area contributed by atoms with Crippen molar-refractivity contribution in [1.82, 2.24) is 14.5 Å². The van der Waals surface area contributed by atoms with E-state index in [-0.39, 0.29) is 34.3 Å². The number of fused-ring (bicyclic) bond motifs is 1. The van der Waals surface area contributed by atoms with Crippen molar-refractivity contribution in [1.29, 1.82) is 0 Å². The molecule has 3 aromatic rings. The number of nitrogens with two attached hydrogens (primary N) is 1. The quantitative estimate of drug-likeness (QED) is 0.536. The molecule has 0 fully saturated rings. The van der Waals surface area contributed by atoms with Crippen LogP contribution in [0.1, 0.15) is 39.6 Å². The van der Waals surface area contributed by atoms with Crippen LogP contribution >= 0.6 is 11.6 Å². The Morgan fingerprint density at radius 1 is 1.36 bits per heavy atom. The minimum absolute atomic E-state index is 0.00745. The third-order valence-electron chi connectivity index (χ3n) is 5.33. The van der Waals surface area contributed by atoms with Gasteiger partial charge in [0.25, 0.3) is 12.3 Å². The van der Waals surface area contributed by atoms with E-state index in [4.69, 9.17) is 17.3 Å². The first kappa shape index (κ1) is 22.7. The number of pyridine rings is 1. The van der Waals surface area contributed by atoms with Gasteiger partial charge in [0, 0.05) is 18.0 Å². The first-order valence-electron chi connectivity index (χ1n) is 9.64. The number of nitrogens with one attached hydrogen (secondary N) is 1. The maximum atomic E-state index is 14.3. The normalized spacial score (nSPS) is 17.6. The Labute approximate surface area is 190 Å². The smallest absolute Gasteiger partial charge is 0.277 e. The lowest BCUT2D eigenvalue weighted by Crippen LogP contribution is -2.40. The van der Waals surface area contributed by atoms with E-state index in [0.29, 0.717) is 5.82 Å². The third-order valence-corrected chi connectivity index (χ3v) is 5.71. The number of aliphatic imine (C=N–C) groups is 1. The molecule has 3 heterocycles. The van der Waals surface area contributed by atoms with Crippen molar-refractivity contribution in [3.05, 3.63) is 75.8 Å². The highest BCUT2D eigenvalue weighted by Gasteiger charge is 2.38. The monoisotopic (exact) mass is 480 g/mol. The Morgan fingerprint density at radius 3 is 2.82 bits per heavy atom. The number of amidine groups is 1. The number of carbonyl (C=O) groups is 1. The van der Waals surface area contributed by atoms with Crippen molar-refractivity contribution in [2.45, 2.75) is 25.4 Å². The van der Waals surface area contributed by atoms with Gasteiger partial charge in [-0.05, 0) is 24.6 Å². The Balaban J connectivity index is 1.76. The number of benzene rings is 1. The second-order valence-electron chi connectivity index (χ2n) is 7.48. The van der Waals surface area contributed by atoms with Crippen LogP contribution in [0.5, 0.6) is 0 Å². The number of hydrogen-bond acceptors (Lipinski definition) is 5. The van der Waals surface area contributed by atoms with Gasteiger partial charge in [-0.1, -0.05) is 23.7 Å². The standard InChI is InChI=1S/C21H17ClF4N6O/c1-10-13(22)7-14(24)16(29-10)20(33)30-15-6-11(2-3-12(15)17(25)26)21(8-23)9-32-5-4-28-19(32)18(27)31-21/h2-7,17H,8-9H2,1H3,(H2,27,31)(H,30,33). The summed E-state index contributed by atoms with van der Waals surface area (Å²) in [4.78, 5) is 24.8. The number of anilines is 1. The molecule has 33 heavy (non-hydrogen) atoms. The van der Waals surface area contributed by atoms with Crippen molar-refractivity contribution in [2.24, 2.45) is 10.7 Å². The highest BCUT2D eigenvalue weighted by Crippen LogP contribution is 2.37. The number of halogens is 5. The molecule has 172 valence electrons. The molecule has 0 radical (unpaired) electrons. The predicted octanol–water partition coefficient (Wildman–Crippen LogP) is 4.15. The molecule has 1 atom stereocenters. The Bertz CT molecular complexity index is 1280. The summed E-state index contributed by atoms with van der Waals surface area (Å²) < 4.78 is 57.5. The predicted molar refractivity (Wildman–Crippen MR) is 114 cm³/mol. The molecule has 1 amide bonds. The molecule has 0 spiro atoms. The Kier molecular flexibility index (Phi) is 5.83. The molecule has 0 aliphatic carbocycles. The van der Waals surface area contributed by atoms with Gasteiger partial charge in [0.15, 0.2) is 23.2 Å². The SMILES string of the molecule is Cc1nc(C(=O)Nc2cc(C3(CF)Cn4ccnc4C(N)=N3)ccc2C(F)F)c(F)cc1Cl. The lowest BCUT2D eigenvalue weighted by atomic mass is 9.89. The second-order valence-corrected chi connectivity index (χ2v) is 7.89. The number of imidazole rings is 1. The fourth-order valence-corrected chi connectivity index (χ4v) is 3.75. The van der Waals surface area contributed by atoms with E-state index in [1.807, 2.05) is 0 Å². The van der Waals surface area contributed by atoms with Crippen molar-refractivity contribution in [2.75, 3.05) is 12.0 Å². The van der Waals surface area contributed by atoms with Crippen LogP contribution in [-0.4, -0.2) is 33.0 Å². The van der Waals surface area contributed by atoms with Gasteiger partial charge in [0.2, 0.25) is 0 Å². The van der Waals surface area contributed by atoms with E-state index in [1.54, 1.807) is 10.8 Å². The highest BCUT2D eigenvalue weighted by molar-refractivity contribution is 6.31. The maximum Gasteiger partial charge on any atom is 0.277 e. The van der Waals surface area contributed by atoms with Gasteiger partial charge in [-0.3, -0.25) is 4.79 Å². The highest BCUT2D eigenvalue weighted by atomic mass is 35.5. The lowest BCUT2D eigenvalue weighted by Gasteiger charge is -2.32. The number of alkyl halides is 3. The summed E-state index contributed by atoms with van der Waals surface area (Å²) in [5.41, 5.74) is 3.30. The van der Waals surface area contributed by atoms with Crippen LogP contribution in [0.3, 0.4) is 0 Å². The zero-order valence-corrected chi connectivity index (χ0v) is 17.9. The largest absolute Gasteiger partial charge is 0.381 e. The molecule has 1 aromatic carbocycles. The van der Waals surface area contributed by atoms with Crippen LogP contribution in [0.2, 0.25) is 5.02 Å². The molecular formula is C21H17ClF4N6O. The van der Waals surface area contributed by atoms with Crippen LogP contribution in [0.4, 0.5) is 23.2 Å². The number of amides is 1. The average Bonchev–Trinajstić information content (AvgIpc) is 3.24. The van der Waals surface area contributed by atoms with Crippen molar-refractivity contribution in [3.63, 3.8) is 0 Å². The molecule has 0 saturated heterocycles. The molecule has 0 saturated carbocycles. The third kappa shape index (κ3) is 4.04. The van der Waals surface area contributed by atoms with Gasteiger partial charge in [0.05, 0.1) is 22.9 Å². The molecule has 1 aliphatic rings. The molecule has 4 rings (SSSR count). The Morgan fingerprint density at radius 2 is 2.12 bits per heavy atom. The van der Waals surface area contributed by atoms with E-state index in [9.17, 15) is 22.4 Å². The average molecular weight is 481 g/mol. The summed E-state index contributed by atoms with van der Waals surface area (Å²) in [6.07, 6.45) is 0.0998. The van der Waals surface area contributed by atoms with Crippen LogP contribution < -0.4 is 11.1 Å². The van der Waals surface area contributed by atoms with Crippen LogP contribution in [0.15, 0.2) is 41.7 Å². The fourth-order valence-electron chi connectivity index (χ4n) is 3.62. The van der Waals surface area contributed by atoms with Gasteiger partial charge < -0.3 is 15.6 Å². The molecular weight excluding hydrogens is 464 g/mol. The zero-order chi connectivity index (χ0) is 23.9. The first-order chi connectivity index (χ1) is 15.6. The molecule has 1 unspecified atom stereocenters. The van der Waals surface area contributed by atoms with E-state index in [1.165, 1.54) is 25.3 Å². The molecule has 1 aliphatic heterocycles. The van der Waals surface area contributed by atoms with Gasteiger partial charge in [-0.25, -0.2) is 32.5 Å². The van der Waals surface area contributed by atoms with Crippen molar-refractivity contribution in [3.8, 4) is 0 Å². The number of nitrogens with zero attached hydrogens (tertiary/aromatic N) is 4. The molecule has 0 bridgehead atoms. The number of carbonyl (C=O) groups excluding carboxylic acids is 1. The zero-order valence-electron chi connectivity index (χ0n) is 17.1. The minimum Gasteiger partial charge on any atom is -0.381 e. The van der Waals surface area contributed by atoms with Crippen LogP contribution in [-0.2, 0) is 12.1 Å². The van der Waals surface area contributed by atoms with Crippen LogP contribution in [0, 0.1) is 12.7 Å². The van der Waals surface area contributed by atoms with Gasteiger partial charge in [0.1, 0.15) is 12.2 Å². The number of hydrogen-bond donors (Lipinski definition) is 2. The Hall–Kier alpha value is -3.47. The van der Waals surface area contributed by atoms with Crippen molar-refractivity contribution < 1.29 is 22.4 Å². The van der Waals surface area contributed by atoms with Crippen LogP contribution in [0.25, 0.3) is 0 Å². The molecule has 7 nitrogen and oxygen atoms in total. The maximum absolute atomic E-state index is 14.3. The van der Waals surface area contributed by atoms with Gasteiger partial charge in [-0.15, -0.1) is 0 Å². The van der Waals surface area contributed by atoms with E-state index in [0.717, 1.165) is 12.1 Å². The number of rotatable bonds is 5. The second kappa shape index (κ2) is 8.47. The van der Waals surface area contributed by atoms with E-state index in [2.05, 4.69) is 20.3 Å². The summed E-state index contributed by atoms with van der Waals surface area (Å²) in [6.45, 7) is 0.470. The molecule has 2 aromatic heterocycles. The van der Waals surface area contributed by atoms with E-state index < -0.39 is 41.6 Å². The van der Waals surface area contributed by atoms with Crippen molar-refractivity contribution >= 4 is 29.0 Å². The molecule has 3 N–H and O–H groups in total. The number of aryl methyl sites for hydroxylation is 1. The van der Waals surface area contributed by atoms with Gasteiger partial charge in [-0.2, -0.15) is 0 Å². The summed E-state index contributed by atoms with van der Waals surface area (Å²) in [5, 5.41) is 2.27. The molecule has 12 heteroatoms. The topological polar surface area (TPSA) is 98.2 Å². The summed E-state index contributed by atoms with van der Waals surface area (Å²) in [7, 11) is 0. The van der Waals surface area contributed by atoms with E-state index >= 15 is 0 Å². The summed E-state index contributed by atoms with van der Waals surface area (Å²) in [6, 6.07) is 4.43. The minimum atomic E-state index is -2.97. The first-order valence-corrected chi connectivity index (χ1v) is 10.0. The summed E-state index contributed by atoms with van der Waals surface area (Å²) >= 11 is 5.80.